The van der Waals surface area contributed by atoms with Crippen LogP contribution in [0.3, 0.4) is 0 Å². The molecule has 29 heavy (non-hydrogen) atoms. The van der Waals surface area contributed by atoms with Gasteiger partial charge in [-0.25, -0.2) is 9.78 Å². The number of nitrogens with two attached hydrogens (primary N) is 1. The van der Waals surface area contributed by atoms with E-state index in [1.54, 1.807) is 31.2 Å². The number of nitrogen functional groups attached to an aromatic ring is 1. The third-order valence-corrected chi connectivity index (χ3v) is 5.59. The lowest BCUT2D eigenvalue weighted by molar-refractivity contribution is -0.113. The third-order valence-electron chi connectivity index (χ3n) is 3.85. The molecule has 3 N–H and O–H groups in total. The number of thioether (sulfide) groups is 1. The van der Waals surface area contributed by atoms with Crippen LogP contribution in [0.15, 0.2) is 34.8 Å². The molecule has 0 aliphatic heterocycles. The highest BCUT2D eigenvalue weighted by atomic mass is 32.2. The monoisotopic (exact) mass is 432 g/mol. The average molecular weight is 433 g/mol. The SMILES string of the molecule is CCOC(=O)c1ccc(NC(=O)CSc2nnc(Cc3csc(N)n3)n2C)cc1. The van der Waals surface area contributed by atoms with E-state index >= 15 is 0 Å². The summed E-state index contributed by atoms with van der Waals surface area (Å²) in [4.78, 5) is 28.1. The molecule has 1 aromatic carbocycles. The molecule has 0 saturated heterocycles. The quantitative estimate of drug-likeness (QED) is 0.410. The molecule has 0 bridgehead atoms. The Bertz CT molecular complexity index is 999. The van der Waals surface area contributed by atoms with Gasteiger partial charge in [-0.2, -0.15) is 0 Å². The highest BCUT2D eigenvalue weighted by molar-refractivity contribution is 7.99. The second-order valence-corrected chi connectivity index (χ2v) is 7.78. The van der Waals surface area contributed by atoms with Crippen molar-refractivity contribution in [3.63, 3.8) is 0 Å². The maximum absolute atomic E-state index is 12.2. The van der Waals surface area contributed by atoms with Gasteiger partial charge in [-0.05, 0) is 31.2 Å². The lowest BCUT2D eigenvalue weighted by atomic mass is 10.2. The number of benzene rings is 1. The lowest BCUT2D eigenvalue weighted by Crippen LogP contribution is -2.14. The molecule has 152 valence electrons. The molecule has 2 heterocycles. The molecular weight excluding hydrogens is 412 g/mol. The van der Waals surface area contributed by atoms with Crippen molar-refractivity contribution < 1.29 is 14.3 Å². The Morgan fingerprint density at radius 1 is 1.28 bits per heavy atom. The molecule has 3 rings (SSSR count). The maximum Gasteiger partial charge on any atom is 0.338 e. The molecule has 9 nitrogen and oxygen atoms in total. The van der Waals surface area contributed by atoms with E-state index in [2.05, 4.69) is 20.5 Å². The van der Waals surface area contributed by atoms with E-state index in [4.69, 9.17) is 10.5 Å². The zero-order chi connectivity index (χ0) is 20.8. The predicted octanol–water partition coefficient (Wildman–Crippen LogP) is 2.35. The summed E-state index contributed by atoms with van der Waals surface area (Å²) in [6.45, 7) is 2.06. The van der Waals surface area contributed by atoms with Gasteiger partial charge in [0, 0.05) is 18.1 Å². The fraction of sp³-hybridized carbons (Fsp3) is 0.278. The summed E-state index contributed by atoms with van der Waals surface area (Å²) in [6.07, 6.45) is 0.525. The molecule has 0 atom stereocenters. The average Bonchev–Trinajstić information content (AvgIpc) is 3.27. The van der Waals surface area contributed by atoms with Crippen LogP contribution in [0, 0.1) is 0 Å². The van der Waals surface area contributed by atoms with E-state index in [0.717, 1.165) is 11.5 Å². The number of hydrogen-bond donors (Lipinski definition) is 2. The maximum atomic E-state index is 12.2. The number of amides is 1. The molecule has 0 fully saturated rings. The van der Waals surface area contributed by atoms with E-state index < -0.39 is 0 Å². The number of rotatable bonds is 8. The summed E-state index contributed by atoms with van der Waals surface area (Å²) in [5, 5.41) is 14.1. The van der Waals surface area contributed by atoms with Crippen LogP contribution in [0.25, 0.3) is 0 Å². The zero-order valence-electron chi connectivity index (χ0n) is 15.9. The zero-order valence-corrected chi connectivity index (χ0v) is 17.5. The Kier molecular flexibility index (Phi) is 6.83. The smallest absolute Gasteiger partial charge is 0.338 e. The first-order valence-electron chi connectivity index (χ1n) is 8.74. The summed E-state index contributed by atoms with van der Waals surface area (Å²) in [6, 6.07) is 6.55. The largest absolute Gasteiger partial charge is 0.462 e. The third kappa shape index (κ3) is 5.55. The number of nitrogens with one attached hydrogen (secondary N) is 1. The van der Waals surface area contributed by atoms with Crippen molar-refractivity contribution in [2.75, 3.05) is 23.4 Å². The molecule has 0 aliphatic carbocycles. The fourth-order valence-corrected chi connectivity index (χ4v) is 3.71. The number of carbonyl (C=O) groups is 2. The van der Waals surface area contributed by atoms with Gasteiger partial charge in [-0.1, -0.05) is 11.8 Å². The second kappa shape index (κ2) is 9.52. The van der Waals surface area contributed by atoms with Gasteiger partial charge < -0.3 is 20.4 Å². The number of nitrogens with zero attached hydrogens (tertiary/aromatic N) is 4. The van der Waals surface area contributed by atoms with Gasteiger partial charge in [-0.15, -0.1) is 21.5 Å². The van der Waals surface area contributed by atoms with Gasteiger partial charge in [0.05, 0.1) is 30.0 Å². The summed E-state index contributed by atoms with van der Waals surface area (Å²) in [5.41, 5.74) is 7.52. The molecule has 3 aromatic rings. The Morgan fingerprint density at radius 3 is 2.69 bits per heavy atom. The number of aromatic nitrogens is 4. The molecule has 0 spiro atoms. The summed E-state index contributed by atoms with van der Waals surface area (Å²) < 4.78 is 6.77. The van der Waals surface area contributed by atoms with Crippen molar-refractivity contribution in [3.8, 4) is 0 Å². The van der Waals surface area contributed by atoms with Crippen LogP contribution in [0.2, 0.25) is 0 Å². The molecule has 0 unspecified atom stereocenters. The molecule has 0 saturated carbocycles. The molecule has 0 radical (unpaired) electrons. The van der Waals surface area contributed by atoms with Crippen molar-refractivity contribution in [3.05, 3.63) is 46.7 Å². The number of anilines is 2. The normalized spacial score (nSPS) is 10.7. The fourth-order valence-electron chi connectivity index (χ4n) is 2.42. The van der Waals surface area contributed by atoms with Crippen molar-refractivity contribution in [1.82, 2.24) is 19.7 Å². The van der Waals surface area contributed by atoms with Gasteiger partial charge in [0.2, 0.25) is 5.91 Å². The minimum absolute atomic E-state index is 0.176. The minimum Gasteiger partial charge on any atom is -0.462 e. The Morgan fingerprint density at radius 2 is 2.03 bits per heavy atom. The molecule has 2 aromatic heterocycles. The van der Waals surface area contributed by atoms with Crippen molar-refractivity contribution in [2.24, 2.45) is 7.05 Å². The number of ether oxygens (including phenoxy) is 1. The first-order chi connectivity index (χ1) is 14.0. The van der Waals surface area contributed by atoms with Crippen LogP contribution in [-0.4, -0.2) is 44.0 Å². The molecule has 11 heteroatoms. The highest BCUT2D eigenvalue weighted by Gasteiger charge is 2.13. The summed E-state index contributed by atoms with van der Waals surface area (Å²) >= 11 is 2.67. The summed E-state index contributed by atoms with van der Waals surface area (Å²) in [7, 11) is 1.85. The van der Waals surface area contributed by atoms with Crippen LogP contribution in [0.4, 0.5) is 10.8 Å². The van der Waals surface area contributed by atoms with Crippen LogP contribution < -0.4 is 11.1 Å². The van der Waals surface area contributed by atoms with E-state index in [-0.39, 0.29) is 17.6 Å². The standard InChI is InChI=1S/C18H20N6O3S2/c1-3-27-16(26)11-4-6-12(7-5-11)20-15(25)10-29-18-23-22-14(24(18)2)8-13-9-28-17(19)21-13/h4-7,9H,3,8,10H2,1-2H3,(H2,19,21)(H,20,25). The van der Waals surface area contributed by atoms with Crippen molar-refractivity contribution in [1.29, 1.82) is 0 Å². The number of hydrogen-bond acceptors (Lipinski definition) is 9. The van der Waals surface area contributed by atoms with Crippen LogP contribution in [0.1, 0.15) is 28.8 Å². The molecular formula is C18H20N6O3S2. The molecule has 1 amide bonds. The highest BCUT2D eigenvalue weighted by Crippen LogP contribution is 2.19. The first-order valence-corrected chi connectivity index (χ1v) is 10.6. The van der Waals surface area contributed by atoms with Gasteiger partial charge in [0.1, 0.15) is 5.82 Å². The summed E-state index contributed by atoms with van der Waals surface area (Å²) in [5.74, 6) is 0.345. The second-order valence-electron chi connectivity index (χ2n) is 5.95. The van der Waals surface area contributed by atoms with Crippen LogP contribution in [0.5, 0.6) is 0 Å². The van der Waals surface area contributed by atoms with Crippen LogP contribution >= 0.6 is 23.1 Å². The van der Waals surface area contributed by atoms with E-state index in [1.165, 1.54) is 23.1 Å². The minimum atomic E-state index is -0.389. The van der Waals surface area contributed by atoms with Crippen LogP contribution in [-0.2, 0) is 23.0 Å². The van der Waals surface area contributed by atoms with Gasteiger partial charge in [0.25, 0.3) is 0 Å². The molecule has 0 aliphatic rings. The van der Waals surface area contributed by atoms with E-state index in [1.807, 2.05) is 17.0 Å². The predicted molar refractivity (Wildman–Crippen MR) is 112 cm³/mol. The van der Waals surface area contributed by atoms with Gasteiger partial charge in [-0.3, -0.25) is 4.79 Å². The number of thiazole rings is 1. The Hall–Kier alpha value is -2.92. The van der Waals surface area contributed by atoms with Gasteiger partial charge in [0.15, 0.2) is 10.3 Å². The lowest BCUT2D eigenvalue weighted by Gasteiger charge is -2.07. The topological polar surface area (TPSA) is 125 Å². The van der Waals surface area contributed by atoms with E-state index in [0.29, 0.717) is 34.6 Å². The van der Waals surface area contributed by atoms with E-state index in [9.17, 15) is 9.59 Å². The number of esters is 1. The van der Waals surface area contributed by atoms with Gasteiger partial charge >= 0.3 is 5.97 Å². The van der Waals surface area contributed by atoms with Crippen molar-refractivity contribution >= 4 is 45.8 Å². The Labute approximate surface area is 175 Å². The first kappa shape index (κ1) is 20.8. The number of carbonyl (C=O) groups excluding carboxylic acids is 2. The van der Waals surface area contributed by atoms with Crippen molar-refractivity contribution in [2.45, 2.75) is 18.5 Å². The Balaban J connectivity index is 1.52.